The second kappa shape index (κ2) is 20.1. The first-order valence-corrected chi connectivity index (χ1v) is 13.9. The molecule has 0 aliphatic carbocycles. The van der Waals surface area contributed by atoms with Gasteiger partial charge in [0.15, 0.2) is 0 Å². The lowest BCUT2D eigenvalue weighted by atomic mass is 10.0. The summed E-state index contributed by atoms with van der Waals surface area (Å²) in [6.07, 6.45) is 32.8. The van der Waals surface area contributed by atoms with E-state index in [0.29, 0.717) is 0 Å². The molecule has 0 unspecified atom stereocenters. The third-order valence-corrected chi connectivity index (χ3v) is 6.66. The van der Waals surface area contributed by atoms with Gasteiger partial charge in [0.05, 0.1) is 13.1 Å². The number of imidazole rings is 1. The Morgan fingerprint density at radius 2 is 1.00 bits per heavy atom. The lowest BCUT2D eigenvalue weighted by molar-refractivity contribution is -0.704. The van der Waals surface area contributed by atoms with Crippen LogP contribution >= 0.6 is 0 Å². The average molecular weight is 420 g/mol. The second-order valence-corrected chi connectivity index (χ2v) is 9.47. The van der Waals surface area contributed by atoms with Crippen LogP contribution in [0.3, 0.4) is 0 Å². The summed E-state index contributed by atoms with van der Waals surface area (Å²) >= 11 is 0. The van der Waals surface area contributed by atoms with Crippen LogP contribution in [0.4, 0.5) is 0 Å². The summed E-state index contributed by atoms with van der Waals surface area (Å²) < 4.78 is 5.02. The van der Waals surface area contributed by atoms with Gasteiger partial charge in [-0.15, -0.1) is 0 Å². The van der Waals surface area contributed by atoms with Gasteiger partial charge in [-0.1, -0.05) is 117 Å². The predicted molar refractivity (Wildman–Crippen MR) is 133 cm³/mol. The Hall–Kier alpha value is -0.790. The molecule has 0 spiro atoms. The van der Waals surface area contributed by atoms with Crippen molar-refractivity contribution in [2.45, 2.75) is 162 Å². The van der Waals surface area contributed by atoms with Gasteiger partial charge in [0, 0.05) is 6.42 Å². The highest BCUT2D eigenvalue weighted by molar-refractivity contribution is 4.83. The fraction of sp³-hybridized carbons (Fsp3) is 0.893. The monoisotopic (exact) mass is 419 g/mol. The molecule has 1 aromatic rings. The van der Waals surface area contributed by atoms with Crippen molar-refractivity contribution in [1.29, 1.82) is 0 Å². The van der Waals surface area contributed by atoms with Crippen LogP contribution in [0.1, 0.15) is 149 Å². The largest absolute Gasteiger partial charge is 0.256 e. The maximum absolute atomic E-state index is 2.52. The number of aromatic nitrogens is 2. The quantitative estimate of drug-likeness (QED) is 0.131. The van der Waals surface area contributed by atoms with Crippen LogP contribution in [0.2, 0.25) is 0 Å². The number of unbranched alkanes of at least 4 members (excludes halogenated alkanes) is 17. The molecule has 2 heteroatoms. The van der Waals surface area contributed by atoms with Crippen LogP contribution in [0.15, 0.2) is 12.4 Å². The summed E-state index contributed by atoms with van der Waals surface area (Å²) in [5.74, 6) is 1.52. The van der Waals surface area contributed by atoms with E-state index in [2.05, 4.69) is 42.3 Å². The first-order valence-electron chi connectivity index (χ1n) is 13.9. The van der Waals surface area contributed by atoms with Gasteiger partial charge < -0.3 is 0 Å². The third-order valence-electron chi connectivity index (χ3n) is 6.66. The van der Waals surface area contributed by atoms with Crippen LogP contribution in [-0.2, 0) is 19.5 Å². The van der Waals surface area contributed by atoms with E-state index in [1.165, 1.54) is 141 Å². The third kappa shape index (κ3) is 13.5. The van der Waals surface area contributed by atoms with Crippen molar-refractivity contribution in [2.24, 2.45) is 0 Å². The number of hydrogen-bond acceptors (Lipinski definition) is 0. The van der Waals surface area contributed by atoms with E-state index >= 15 is 0 Å². The molecule has 1 heterocycles. The molecule has 1 rings (SSSR count). The Morgan fingerprint density at radius 3 is 1.47 bits per heavy atom. The summed E-state index contributed by atoms with van der Waals surface area (Å²) in [7, 11) is 0. The van der Waals surface area contributed by atoms with Gasteiger partial charge in [0.25, 0.3) is 5.82 Å². The van der Waals surface area contributed by atoms with Crippen LogP contribution in [-0.4, -0.2) is 4.57 Å². The zero-order valence-corrected chi connectivity index (χ0v) is 21.1. The second-order valence-electron chi connectivity index (χ2n) is 9.47. The molecule has 0 fully saturated rings. The molecule has 0 aliphatic heterocycles. The highest BCUT2D eigenvalue weighted by Crippen LogP contribution is 2.13. The van der Waals surface area contributed by atoms with E-state index in [4.69, 9.17) is 0 Å². The molecular formula is C28H55N2+. The van der Waals surface area contributed by atoms with Crippen molar-refractivity contribution in [1.82, 2.24) is 4.57 Å². The molecule has 0 saturated carbocycles. The van der Waals surface area contributed by atoms with Crippen LogP contribution in [0.25, 0.3) is 0 Å². The van der Waals surface area contributed by atoms with E-state index in [9.17, 15) is 0 Å². The van der Waals surface area contributed by atoms with Crippen molar-refractivity contribution in [3.05, 3.63) is 18.2 Å². The Bertz CT molecular complexity index is 477. The molecule has 0 bridgehead atoms. The van der Waals surface area contributed by atoms with Crippen molar-refractivity contribution >= 4 is 0 Å². The summed E-state index contributed by atoms with van der Waals surface area (Å²) in [6, 6.07) is 0. The number of aryl methyl sites for hydroxylation is 2. The Balaban J connectivity index is 1.96. The first-order chi connectivity index (χ1) is 14.8. The summed E-state index contributed by atoms with van der Waals surface area (Å²) in [5, 5.41) is 0. The van der Waals surface area contributed by atoms with Crippen molar-refractivity contribution in [2.75, 3.05) is 0 Å². The minimum Gasteiger partial charge on any atom is -0.234 e. The molecule has 0 aliphatic rings. The zero-order valence-electron chi connectivity index (χ0n) is 21.1. The minimum atomic E-state index is 1.15. The van der Waals surface area contributed by atoms with E-state index in [0.717, 1.165) is 6.42 Å². The van der Waals surface area contributed by atoms with E-state index in [1.54, 1.807) is 0 Å². The van der Waals surface area contributed by atoms with E-state index in [-0.39, 0.29) is 0 Å². The van der Waals surface area contributed by atoms with Crippen molar-refractivity contribution in [3.63, 3.8) is 0 Å². The number of rotatable bonds is 22. The standard InChI is InChI=1S/C28H55N2/c1-4-7-9-11-12-13-14-15-16-17-18-19-20-21-23-25-30-27-26-29(28(30)6-3)24-22-10-8-5-2/h26-27H,4-25H2,1-3H3/q+1. The highest BCUT2D eigenvalue weighted by Gasteiger charge is 2.14. The van der Waals surface area contributed by atoms with Gasteiger partial charge in [-0.3, -0.25) is 0 Å². The molecular weight excluding hydrogens is 364 g/mol. The fourth-order valence-corrected chi connectivity index (χ4v) is 4.67. The van der Waals surface area contributed by atoms with Crippen LogP contribution in [0, 0.1) is 0 Å². The Labute approximate surface area is 189 Å². The molecule has 1 aromatic heterocycles. The van der Waals surface area contributed by atoms with E-state index < -0.39 is 0 Å². The fourth-order valence-electron chi connectivity index (χ4n) is 4.67. The molecule has 0 aromatic carbocycles. The Morgan fingerprint density at radius 1 is 0.567 bits per heavy atom. The Kier molecular flexibility index (Phi) is 18.3. The van der Waals surface area contributed by atoms with Crippen molar-refractivity contribution < 1.29 is 4.57 Å². The molecule has 30 heavy (non-hydrogen) atoms. The average Bonchev–Trinajstić information content (AvgIpc) is 3.15. The molecule has 176 valence electrons. The number of hydrogen-bond donors (Lipinski definition) is 0. The normalized spacial score (nSPS) is 11.4. The van der Waals surface area contributed by atoms with Crippen molar-refractivity contribution in [3.8, 4) is 0 Å². The van der Waals surface area contributed by atoms with Gasteiger partial charge in [0.2, 0.25) is 0 Å². The lowest BCUT2D eigenvalue weighted by Gasteiger charge is -2.05. The molecule has 0 radical (unpaired) electrons. The van der Waals surface area contributed by atoms with Gasteiger partial charge in [-0.25, -0.2) is 9.13 Å². The van der Waals surface area contributed by atoms with Gasteiger partial charge in [-0.2, -0.15) is 0 Å². The molecule has 0 saturated heterocycles. The highest BCUT2D eigenvalue weighted by atomic mass is 15.1. The molecule has 0 atom stereocenters. The summed E-state index contributed by atoms with van der Waals surface area (Å²) in [6.45, 7) is 9.31. The van der Waals surface area contributed by atoms with Crippen LogP contribution in [0.5, 0.6) is 0 Å². The van der Waals surface area contributed by atoms with E-state index in [1.807, 2.05) is 0 Å². The maximum Gasteiger partial charge on any atom is 0.256 e. The summed E-state index contributed by atoms with van der Waals surface area (Å²) in [5.41, 5.74) is 0. The summed E-state index contributed by atoms with van der Waals surface area (Å²) in [4.78, 5) is 0. The first kappa shape index (κ1) is 27.2. The molecule has 0 amide bonds. The minimum absolute atomic E-state index is 1.15. The smallest absolute Gasteiger partial charge is 0.234 e. The molecule has 0 N–H and O–H groups in total. The van der Waals surface area contributed by atoms with Gasteiger partial charge in [0.1, 0.15) is 12.4 Å². The predicted octanol–water partition coefficient (Wildman–Crippen LogP) is 8.79. The lowest BCUT2D eigenvalue weighted by Crippen LogP contribution is -2.37. The SMILES string of the molecule is CCCCCCCCCCCCCCCCC[n+]1ccn(CCCCCC)c1CC. The zero-order chi connectivity index (χ0) is 21.7. The maximum atomic E-state index is 2.52. The number of nitrogens with zero attached hydrogens (tertiary/aromatic N) is 2. The van der Waals surface area contributed by atoms with Crippen LogP contribution < -0.4 is 4.57 Å². The molecule has 2 nitrogen and oxygen atoms in total. The topological polar surface area (TPSA) is 8.81 Å². The van der Waals surface area contributed by atoms with Gasteiger partial charge >= 0.3 is 0 Å². The van der Waals surface area contributed by atoms with Gasteiger partial charge in [-0.05, 0) is 25.7 Å².